The zero-order valence-electron chi connectivity index (χ0n) is 19.0. The molecule has 5 aliphatic carbocycles. The highest BCUT2D eigenvalue weighted by Gasteiger charge is 2.65. The van der Waals surface area contributed by atoms with Crippen LogP contribution >= 0.6 is 0 Å². The number of Topliss-reactive ketones (excluding diaryl/α,β-unsaturated/α-hetero) is 1. The van der Waals surface area contributed by atoms with Gasteiger partial charge in [-0.05, 0) is 61.2 Å². The third kappa shape index (κ3) is 2.63. The van der Waals surface area contributed by atoms with Gasteiger partial charge in [0.25, 0.3) is 0 Å². The van der Waals surface area contributed by atoms with Crippen molar-refractivity contribution in [3.05, 3.63) is 46.6 Å². The minimum absolute atomic E-state index is 0.0480. The van der Waals surface area contributed by atoms with Gasteiger partial charge in [0.05, 0.1) is 12.0 Å². The standard InChI is InChI=1S/C27H32O4/c1-16(2)15-31-24(30)19-14-17-13-18(28)5-11-26(17,4)20-7-12-27-21(23(19)20)6-9-25(27,3)10-8-22(27)29/h5-6,11,14,16,19H,7-10,12-13,15H2,1-4H3/t19-,25+,26?,27?/m1/s1. The summed E-state index contributed by atoms with van der Waals surface area (Å²) < 4.78 is 5.71. The summed E-state index contributed by atoms with van der Waals surface area (Å²) in [7, 11) is 0. The van der Waals surface area contributed by atoms with Crippen LogP contribution in [0, 0.1) is 28.1 Å². The average molecular weight is 421 g/mol. The fourth-order valence-electron chi connectivity index (χ4n) is 6.96. The summed E-state index contributed by atoms with van der Waals surface area (Å²) in [5.74, 6) is -0.117. The Bertz CT molecular complexity index is 1020. The van der Waals surface area contributed by atoms with E-state index in [-0.39, 0.29) is 28.5 Å². The minimum Gasteiger partial charge on any atom is -0.465 e. The molecule has 4 nitrogen and oxygen atoms in total. The quantitative estimate of drug-likeness (QED) is 0.473. The first-order valence-corrected chi connectivity index (χ1v) is 11.7. The van der Waals surface area contributed by atoms with Crippen molar-refractivity contribution in [3.8, 4) is 0 Å². The number of hydrogen-bond acceptors (Lipinski definition) is 4. The first kappa shape index (κ1) is 20.7. The first-order chi connectivity index (χ1) is 14.6. The second kappa shape index (κ2) is 6.63. The number of rotatable bonds is 3. The van der Waals surface area contributed by atoms with Gasteiger partial charge in [0.1, 0.15) is 11.7 Å². The molecule has 1 spiro atoms. The lowest BCUT2D eigenvalue weighted by atomic mass is 9.52. The van der Waals surface area contributed by atoms with Crippen LogP contribution in [0.15, 0.2) is 46.6 Å². The second-order valence-electron chi connectivity index (χ2n) is 11.0. The number of carbonyl (C=O) groups is 3. The number of allylic oxidation sites excluding steroid dienone is 6. The summed E-state index contributed by atoms with van der Waals surface area (Å²) in [6, 6.07) is 0. The molecule has 2 unspecified atom stereocenters. The van der Waals surface area contributed by atoms with Crippen LogP contribution in [0.4, 0.5) is 0 Å². The van der Waals surface area contributed by atoms with Crippen molar-refractivity contribution in [1.29, 1.82) is 0 Å². The lowest BCUT2D eigenvalue weighted by Gasteiger charge is -2.50. The maximum Gasteiger partial charge on any atom is 0.317 e. The van der Waals surface area contributed by atoms with Gasteiger partial charge >= 0.3 is 5.97 Å². The molecular weight excluding hydrogens is 388 g/mol. The van der Waals surface area contributed by atoms with Crippen molar-refractivity contribution in [2.24, 2.45) is 28.1 Å². The summed E-state index contributed by atoms with van der Waals surface area (Å²) in [5.41, 5.74) is 3.45. The molecule has 0 saturated heterocycles. The van der Waals surface area contributed by atoms with Crippen LogP contribution in [0.3, 0.4) is 0 Å². The predicted octanol–water partition coefficient (Wildman–Crippen LogP) is 5.05. The van der Waals surface area contributed by atoms with Gasteiger partial charge < -0.3 is 4.74 Å². The summed E-state index contributed by atoms with van der Waals surface area (Å²) >= 11 is 0. The minimum atomic E-state index is -0.532. The van der Waals surface area contributed by atoms with Gasteiger partial charge in [-0.1, -0.05) is 50.1 Å². The van der Waals surface area contributed by atoms with E-state index in [4.69, 9.17) is 4.74 Å². The van der Waals surface area contributed by atoms with Crippen molar-refractivity contribution < 1.29 is 19.1 Å². The highest BCUT2D eigenvalue weighted by atomic mass is 16.5. The van der Waals surface area contributed by atoms with E-state index < -0.39 is 11.3 Å². The van der Waals surface area contributed by atoms with Crippen LogP contribution in [0.1, 0.15) is 66.2 Å². The van der Waals surface area contributed by atoms with Crippen LogP contribution in [-0.4, -0.2) is 24.1 Å². The van der Waals surface area contributed by atoms with Crippen molar-refractivity contribution in [1.82, 2.24) is 0 Å². The molecule has 4 atom stereocenters. The molecular formula is C27H32O4. The largest absolute Gasteiger partial charge is 0.465 e. The van der Waals surface area contributed by atoms with Crippen LogP contribution < -0.4 is 0 Å². The van der Waals surface area contributed by atoms with Crippen molar-refractivity contribution in [2.45, 2.75) is 66.2 Å². The lowest BCUT2D eigenvalue weighted by Crippen LogP contribution is -2.45. The summed E-state index contributed by atoms with van der Waals surface area (Å²) in [6.07, 6.45) is 12.3. The molecule has 1 fully saturated rings. The monoisotopic (exact) mass is 420 g/mol. The molecule has 0 aromatic carbocycles. The molecule has 1 saturated carbocycles. The molecule has 0 bridgehead atoms. The molecule has 0 aromatic rings. The van der Waals surface area contributed by atoms with Gasteiger partial charge in [-0.2, -0.15) is 0 Å². The van der Waals surface area contributed by atoms with E-state index in [0.29, 0.717) is 25.2 Å². The first-order valence-electron chi connectivity index (χ1n) is 11.7. The molecule has 0 amide bonds. The summed E-state index contributed by atoms with van der Waals surface area (Å²) in [4.78, 5) is 38.9. The molecule has 164 valence electrons. The summed E-state index contributed by atoms with van der Waals surface area (Å²) in [5, 5.41) is 0. The maximum absolute atomic E-state index is 13.3. The molecule has 4 heteroatoms. The van der Waals surface area contributed by atoms with Crippen LogP contribution in [0.5, 0.6) is 0 Å². The maximum atomic E-state index is 13.3. The van der Waals surface area contributed by atoms with Crippen molar-refractivity contribution in [2.75, 3.05) is 6.61 Å². The van der Waals surface area contributed by atoms with Crippen LogP contribution in [0.25, 0.3) is 0 Å². The molecule has 31 heavy (non-hydrogen) atoms. The number of ether oxygens (including phenoxy) is 1. The fraction of sp³-hybridized carbons (Fsp3) is 0.593. The van der Waals surface area contributed by atoms with E-state index in [2.05, 4.69) is 19.9 Å². The van der Waals surface area contributed by atoms with E-state index in [1.165, 1.54) is 5.57 Å². The Morgan fingerprint density at radius 3 is 2.71 bits per heavy atom. The van der Waals surface area contributed by atoms with Gasteiger partial charge in [-0.25, -0.2) is 0 Å². The molecule has 5 aliphatic rings. The van der Waals surface area contributed by atoms with E-state index >= 15 is 0 Å². The zero-order valence-corrected chi connectivity index (χ0v) is 19.0. The number of esters is 1. The topological polar surface area (TPSA) is 60.4 Å². The highest BCUT2D eigenvalue weighted by Crippen LogP contribution is 2.69. The van der Waals surface area contributed by atoms with Crippen LogP contribution in [0.2, 0.25) is 0 Å². The SMILES string of the molecule is CC(C)COC(=O)[C@@H]1C=C2CC(=O)C=CC2(C)C2=C1C1=CC[C@@]3(C)CCC(=O)C13CC2. The Hall–Kier alpha value is -2.23. The van der Waals surface area contributed by atoms with E-state index in [1.807, 2.05) is 26.0 Å². The van der Waals surface area contributed by atoms with Gasteiger partial charge in [-0.3, -0.25) is 14.4 Å². The Morgan fingerprint density at radius 1 is 1.19 bits per heavy atom. The Labute approximate surface area is 184 Å². The Kier molecular flexibility index (Phi) is 4.42. The van der Waals surface area contributed by atoms with Crippen LogP contribution in [-0.2, 0) is 19.1 Å². The van der Waals surface area contributed by atoms with E-state index in [0.717, 1.165) is 42.4 Å². The van der Waals surface area contributed by atoms with Gasteiger partial charge in [-0.15, -0.1) is 0 Å². The average Bonchev–Trinajstić information content (AvgIpc) is 3.16. The van der Waals surface area contributed by atoms with E-state index in [1.54, 1.807) is 6.08 Å². The molecule has 0 radical (unpaired) electrons. The fourth-order valence-corrected chi connectivity index (χ4v) is 6.96. The number of ketones is 2. The molecule has 0 heterocycles. The molecule has 0 aliphatic heterocycles. The summed E-state index contributed by atoms with van der Waals surface area (Å²) in [6.45, 7) is 8.84. The van der Waals surface area contributed by atoms with E-state index in [9.17, 15) is 14.4 Å². The molecule has 0 aromatic heterocycles. The Balaban J connectivity index is 1.67. The number of hydrogen-bond donors (Lipinski definition) is 0. The van der Waals surface area contributed by atoms with Crippen molar-refractivity contribution >= 4 is 17.5 Å². The lowest BCUT2D eigenvalue weighted by molar-refractivity contribution is -0.147. The molecule has 5 rings (SSSR count). The second-order valence-corrected chi connectivity index (χ2v) is 11.0. The molecule has 0 N–H and O–H groups in total. The Morgan fingerprint density at radius 2 is 1.97 bits per heavy atom. The van der Waals surface area contributed by atoms with Gasteiger partial charge in [0.15, 0.2) is 5.78 Å². The smallest absolute Gasteiger partial charge is 0.317 e. The third-order valence-electron chi connectivity index (χ3n) is 8.74. The van der Waals surface area contributed by atoms with Gasteiger partial charge in [0, 0.05) is 18.3 Å². The van der Waals surface area contributed by atoms with Crippen molar-refractivity contribution in [3.63, 3.8) is 0 Å². The predicted molar refractivity (Wildman–Crippen MR) is 118 cm³/mol. The third-order valence-corrected chi connectivity index (χ3v) is 8.74. The number of carbonyl (C=O) groups excluding carboxylic acids is 3. The van der Waals surface area contributed by atoms with Gasteiger partial charge in [0.2, 0.25) is 0 Å². The zero-order chi connectivity index (χ0) is 22.2. The normalized spacial score (nSPS) is 38.4. The number of fused-ring (bicyclic) bond motifs is 3. The highest BCUT2D eigenvalue weighted by molar-refractivity contribution is 5.97.